The van der Waals surface area contributed by atoms with Gasteiger partial charge in [0.2, 0.25) is 0 Å². The largest absolute Gasteiger partial charge is 0.475 e. The van der Waals surface area contributed by atoms with Gasteiger partial charge >= 0.3 is 0 Å². The molecule has 1 aliphatic rings. The Bertz CT molecular complexity index is 517. The third-order valence-corrected chi connectivity index (χ3v) is 3.58. The second kappa shape index (κ2) is 7.92. The second-order valence-electron chi connectivity index (χ2n) is 4.29. The van der Waals surface area contributed by atoms with Crippen molar-refractivity contribution in [2.45, 2.75) is 23.7 Å². The number of hydrogen-bond donors (Lipinski definition) is 4. The second-order valence-corrected chi connectivity index (χ2v) is 6.89. The predicted molar refractivity (Wildman–Crippen MR) is 76.6 cm³/mol. The molecule has 21 heavy (non-hydrogen) atoms. The Morgan fingerprint density at radius 2 is 1.95 bits per heavy atom. The van der Waals surface area contributed by atoms with Crippen LogP contribution in [0.4, 0.5) is 0 Å². The van der Waals surface area contributed by atoms with Gasteiger partial charge in [0.15, 0.2) is 5.44 Å². The number of nitrogens with zero attached hydrogens (tertiary/aromatic N) is 1. The summed E-state index contributed by atoms with van der Waals surface area (Å²) in [6, 6.07) is 3.44. The number of hydrogen-bond acceptors (Lipinski definition) is 8. The molecule has 1 aromatic rings. The van der Waals surface area contributed by atoms with Crippen molar-refractivity contribution < 1.29 is 33.0 Å². The van der Waals surface area contributed by atoms with Crippen LogP contribution in [-0.2, 0) is 10.1 Å². The quantitative estimate of drug-likeness (QED) is 0.506. The Labute approximate surface area is 126 Å². The van der Waals surface area contributed by atoms with E-state index >= 15 is 0 Å². The minimum Gasteiger partial charge on any atom is -0.475 e. The van der Waals surface area contributed by atoms with E-state index in [1.54, 1.807) is 18.3 Å². The Morgan fingerprint density at radius 1 is 1.33 bits per heavy atom. The average Bonchev–Trinajstić information content (AvgIpc) is 2.39. The van der Waals surface area contributed by atoms with Gasteiger partial charge in [-0.05, 0) is 12.1 Å². The van der Waals surface area contributed by atoms with E-state index in [2.05, 4.69) is 4.98 Å². The summed E-state index contributed by atoms with van der Waals surface area (Å²) in [5.74, 6) is 0.867. The Hall–Kier alpha value is -0.910. The maximum absolute atomic E-state index is 9.69. The van der Waals surface area contributed by atoms with E-state index in [9.17, 15) is 23.7 Å². The van der Waals surface area contributed by atoms with E-state index in [0.29, 0.717) is 17.8 Å². The van der Waals surface area contributed by atoms with Crippen LogP contribution >= 0.6 is 11.8 Å². The molecule has 0 amide bonds. The summed E-state index contributed by atoms with van der Waals surface area (Å²) < 4.78 is 31.3. The molecule has 1 fully saturated rings. The predicted octanol–water partition coefficient (Wildman–Crippen LogP) is -0.880. The van der Waals surface area contributed by atoms with Gasteiger partial charge in [-0.1, -0.05) is 0 Å². The van der Waals surface area contributed by atoms with Crippen molar-refractivity contribution in [2.75, 3.05) is 12.0 Å². The Morgan fingerprint density at radius 3 is 2.48 bits per heavy atom. The van der Waals surface area contributed by atoms with E-state index in [0.717, 1.165) is 0 Å². The van der Waals surface area contributed by atoms with Crippen LogP contribution in [-0.4, -0.2) is 69.0 Å². The summed E-state index contributed by atoms with van der Waals surface area (Å²) in [4.78, 5) is 3.88. The molecule has 0 saturated carbocycles. The van der Waals surface area contributed by atoms with Crippen molar-refractivity contribution >= 4 is 21.9 Å². The molecule has 0 radical (unpaired) electrons. The highest BCUT2D eigenvalue weighted by atomic mass is 32.2. The minimum absolute atomic E-state index is 0.336. The lowest BCUT2D eigenvalue weighted by atomic mass is 10.1. The molecule has 0 aromatic carbocycles. The molecule has 120 valence electrons. The highest BCUT2D eigenvalue weighted by Gasteiger charge is 2.38. The lowest BCUT2D eigenvalue weighted by molar-refractivity contribution is -0.0786. The summed E-state index contributed by atoms with van der Waals surface area (Å²) >= 11 is 1.27. The van der Waals surface area contributed by atoms with Gasteiger partial charge in [-0.15, -0.1) is 11.8 Å². The first-order valence-electron chi connectivity index (χ1n) is 5.83. The zero-order chi connectivity index (χ0) is 16.0. The van der Waals surface area contributed by atoms with Crippen molar-refractivity contribution in [3.63, 3.8) is 0 Å². The molecule has 8 nitrogen and oxygen atoms in total. The molecule has 2 heterocycles. The van der Waals surface area contributed by atoms with Gasteiger partial charge in [0.05, 0.1) is 18.6 Å². The summed E-state index contributed by atoms with van der Waals surface area (Å²) in [6.45, 7) is 0. The van der Waals surface area contributed by atoms with Crippen molar-refractivity contribution in [1.29, 1.82) is 0 Å². The molecule has 2 rings (SSSR count). The first-order chi connectivity index (χ1) is 9.68. The van der Waals surface area contributed by atoms with Gasteiger partial charge < -0.3 is 20.1 Å². The Balaban J connectivity index is 0.000000383. The summed E-state index contributed by atoms with van der Waals surface area (Å²) in [7, 11) is -3.67. The van der Waals surface area contributed by atoms with Crippen LogP contribution in [0.25, 0.3) is 0 Å². The fourth-order valence-corrected chi connectivity index (χ4v) is 2.56. The Kier molecular flexibility index (Phi) is 6.84. The number of aromatic nitrogens is 1. The number of aliphatic hydroxyl groups excluding tert-OH is 3. The average molecular weight is 339 g/mol. The normalized spacial score (nSPS) is 29.2. The van der Waals surface area contributed by atoms with E-state index in [4.69, 9.17) is 9.29 Å². The molecule has 0 bridgehead atoms. The lowest BCUT2D eigenvalue weighted by Gasteiger charge is -2.34. The van der Waals surface area contributed by atoms with Crippen molar-refractivity contribution in [2.24, 2.45) is 0 Å². The lowest BCUT2D eigenvalue weighted by Crippen LogP contribution is -2.50. The van der Waals surface area contributed by atoms with Crippen molar-refractivity contribution in [3.8, 4) is 5.75 Å². The van der Waals surface area contributed by atoms with Crippen LogP contribution in [0.5, 0.6) is 5.75 Å². The molecule has 0 aliphatic carbocycles. The first-order valence-corrected chi connectivity index (χ1v) is 8.73. The molecule has 4 N–H and O–H groups in total. The van der Waals surface area contributed by atoms with Gasteiger partial charge in [0.1, 0.15) is 18.0 Å². The molecular weight excluding hydrogens is 322 g/mol. The summed E-state index contributed by atoms with van der Waals surface area (Å²) in [5.41, 5.74) is -0.581. The number of ether oxygens (including phenoxy) is 1. The van der Waals surface area contributed by atoms with Gasteiger partial charge in [0.25, 0.3) is 10.1 Å². The van der Waals surface area contributed by atoms with E-state index in [-0.39, 0.29) is 0 Å². The summed E-state index contributed by atoms with van der Waals surface area (Å²) in [5, 5.41) is 28.5. The smallest absolute Gasteiger partial charge is 0.261 e. The third-order valence-electron chi connectivity index (χ3n) is 2.34. The van der Waals surface area contributed by atoms with Gasteiger partial charge in [0, 0.05) is 11.9 Å². The van der Waals surface area contributed by atoms with E-state index in [1.165, 1.54) is 18.0 Å². The molecule has 10 heteroatoms. The van der Waals surface area contributed by atoms with E-state index in [1.807, 2.05) is 0 Å². The molecular formula is C11H17NO7S2. The van der Waals surface area contributed by atoms with Gasteiger partial charge in [-0.3, -0.25) is 9.54 Å². The molecule has 0 spiro atoms. The highest BCUT2D eigenvalue weighted by molar-refractivity contribution is 7.99. The van der Waals surface area contributed by atoms with Gasteiger partial charge in [-0.2, -0.15) is 8.42 Å². The number of aliphatic hydroxyl groups is 3. The van der Waals surface area contributed by atoms with Crippen LogP contribution in [0.3, 0.4) is 0 Å². The zero-order valence-electron chi connectivity index (χ0n) is 11.1. The van der Waals surface area contributed by atoms with Gasteiger partial charge in [-0.25, -0.2) is 0 Å². The molecule has 1 aromatic heterocycles. The van der Waals surface area contributed by atoms with Crippen molar-refractivity contribution in [3.05, 3.63) is 24.5 Å². The SMILES string of the molecule is CS(=O)(=O)O.O[C@@H]1[C@@H](O)[C@H](Oc2cccnc2)SC[C@H]1O. The molecule has 4 atom stereocenters. The minimum atomic E-state index is -3.67. The third kappa shape index (κ3) is 7.07. The maximum Gasteiger partial charge on any atom is 0.261 e. The monoisotopic (exact) mass is 339 g/mol. The number of thioether (sulfide) groups is 1. The van der Waals surface area contributed by atoms with Crippen LogP contribution < -0.4 is 4.74 Å². The summed E-state index contributed by atoms with van der Waals surface area (Å²) in [6.07, 6.45) is 0.693. The fraction of sp³-hybridized carbons (Fsp3) is 0.545. The number of pyridine rings is 1. The van der Waals surface area contributed by atoms with Crippen LogP contribution in [0.1, 0.15) is 0 Å². The van der Waals surface area contributed by atoms with Crippen molar-refractivity contribution in [1.82, 2.24) is 4.98 Å². The highest BCUT2D eigenvalue weighted by Crippen LogP contribution is 2.28. The van der Waals surface area contributed by atoms with Crippen LogP contribution in [0, 0.1) is 0 Å². The zero-order valence-corrected chi connectivity index (χ0v) is 12.7. The molecule has 1 aliphatic heterocycles. The molecule has 1 saturated heterocycles. The fourth-order valence-electron chi connectivity index (χ4n) is 1.43. The van der Waals surface area contributed by atoms with E-state index < -0.39 is 33.9 Å². The van der Waals surface area contributed by atoms with Crippen LogP contribution in [0.15, 0.2) is 24.5 Å². The maximum atomic E-state index is 9.69. The van der Waals surface area contributed by atoms with Crippen LogP contribution in [0.2, 0.25) is 0 Å². The standard InChI is InChI=1S/C10H13NO4S.CH4O3S/c12-7-5-16-10(9(14)8(7)13)15-6-2-1-3-11-4-6;1-5(2,3)4/h1-4,7-10,12-14H,5H2;1H3,(H,2,3,4)/t7-,8+,9-,10-;/m1./s1. The topological polar surface area (TPSA) is 137 Å². The first kappa shape index (κ1) is 18.1. The molecule has 0 unspecified atom stereocenters. The number of rotatable bonds is 2.